The topological polar surface area (TPSA) is 90.7 Å². The Bertz CT molecular complexity index is 585. The number of nitrogens with one attached hydrogen (secondary N) is 1. The highest BCUT2D eigenvalue weighted by Crippen LogP contribution is 2.00. The molecule has 0 atom stereocenters. The van der Waals surface area contributed by atoms with Gasteiger partial charge in [-0.2, -0.15) is 11.8 Å². The van der Waals surface area contributed by atoms with Gasteiger partial charge in [0.05, 0.1) is 51.9 Å². The van der Waals surface area contributed by atoms with Crippen LogP contribution in [0.5, 0.6) is 0 Å². The molecule has 10 heteroatoms. The molecule has 0 fully saturated rings. The highest BCUT2D eigenvalue weighted by atomic mass is 32.2. The first-order chi connectivity index (χ1) is 14.0. The average Bonchev–Trinajstić information content (AvgIpc) is 3.13. The van der Waals surface area contributed by atoms with Gasteiger partial charge in [-0.1, -0.05) is 11.8 Å². The highest BCUT2D eigenvalue weighted by molar-refractivity contribution is 7.98. The second-order valence-corrected chi connectivity index (χ2v) is 7.56. The van der Waals surface area contributed by atoms with Gasteiger partial charge in [-0.3, -0.25) is 9.69 Å². The number of carbonyl (C=O) groups is 1. The predicted molar refractivity (Wildman–Crippen MR) is 115 cm³/mol. The molecule has 0 saturated carbocycles. The van der Waals surface area contributed by atoms with E-state index in [0.717, 1.165) is 24.5 Å². The summed E-state index contributed by atoms with van der Waals surface area (Å²) in [6, 6.07) is 0. The third-order valence-corrected chi connectivity index (χ3v) is 4.41. The van der Waals surface area contributed by atoms with Gasteiger partial charge in [0.25, 0.3) is 0 Å². The van der Waals surface area contributed by atoms with Gasteiger partial charge in [-0.05, 0) is 20.2 Å². The molecule has 0 aromatic carbocycles. The van der Waals surface area contributed by atoms with E-state index in [0.29, 0.717) is 58.3 Å². The molecule has 29 heavy (non-hydrogen) atoms. The monoisotopic (exact) mass is 429 g/mol. The van der Waals surface area contributed by atoms with Crippen molar-refractivity contribution in [2.75, 3.05) is 71.8 Å². The SMILES string of the molecule is C=C(C)C(=O)NCCOCCOCCOCCn1cc(CN(C)CCSC)nn1. The van der Waals surface area contributed by atoms with Crippen LogP contribution in [0.2, 0.25) is 0 Å². The molecule has 0 aliphatic rings. The highest BCUT2D eigenvalue weighted by Gasteiger charge is 2.05. The molecule has 0 aliphatic heterocycles. The second kappa shape index (κ2) is 16.3. The fraction of sp³-hybridized carbons (Fsp3) is 0.737. The molecule has 1 aromatic heterocycles. The first-order valence-corrected chi connectivity index (χ1v) is 11.2. The van der Waals surface area contributed by atoms with Gasteiger partial charge >= 0.3 is 0 Å². The molecule has 0 radical (unpaired) electrons. The molecular formula is C19H35N5O4S. The lowest BCUT2D eigenvalue weighted by Crippen LogP contribution is -2.27. The average molecular weight is 430 g/mol. The van der Waals surface area contributed by atoms with Crippen molar-refractivity contribution in [2.24, 2.45) is 0 Å². The first kappa shape index (κ1) is 25.6. The Balaban J connectivity index is 1.92. The molecule has 0 saturated heterocycles. The van der Waals surface area contributed by atoms with E-state index in [1.165, 1.54) is 0 Å². The molecule has 1 amide bonds. The van der Waals surface area contributed by atoms with Crippen molar-refractivity contribution in [1.29, 1.82) is 0 Å². The van der Waals surface area contributed by atoms with Crippen molar-refractivity contribution in [1.82, 2.24) is 25.2 Å². The van der Waals surface area contributed by atoms with E-state index in [2.05, 4.69) is 40.4 Å². The summed E-state index contributed by atoms with van der Waals surface area (Å²) in [7, 11) is 2.09. The zero-order valence-corrected chi connectivity index (χ0v) is 18.7. The van der Waals surface area contributed by atoms with Gasteiger partial charge in [-0.25, -0.2) is 4.68 Å². The minimum atomic E-state index is -0.150. The normalized spacial score (nSPS) is 11.2. The van der Waals surface area contributed by atoms with E-state index in [4.69, 9.17) is 14.2 Å². The number of thioether (sulfide) groups is 1. The van der Waals surface area contributed by atoms with Crippen LogP contribution in [0.3, 0.4) is 0 Å². The molecule has 0 spiro atoms. The Morgan fingerprint density at radius 3 is 2.52 bits per heavy atom. The molecule has 9 nitrogen and oxygen atoms in total. The van der Waals surface area contributed by atoms with E-state index in [9.17, 15) is 4.79 Å². The number of amides is 1. The van der Waals surface area contributed by atoms with E-state index < -0.39 is 0 Å². The van der Waals surface area contributed by atoms with Crippen molar-refractivity contribution < 1.29 is 19.0 Å². The maximum atomic E-state index is 11.3. The smallest absolute Gasteiger partial charge is 0.246 e. The minimum Gasteiger partial charge on any atom is -0.377 e. The molecule has 1 aromatic rings. The molecule has 166 valence electrons. The summed E-state index contributed by atoms with van der Waals surface area (Å²) < 4.78 is 18.2. The van der Waals surface area contributed by atoms with E-state index in [1.54, 1.807) is 11.6 Å². The van der Waals surface area contributed by atoms with Crippen LogP contribution in [0.15, 0.2) is 18.3 Å². The van der Waals surface area contributed by atoms with Crippen molar-refractivity contribution in [3.63, 3.8) is 0 Å². The summed E-state index contributed by atoms with van der Waals surface area (Å²) in [6.45, 7) is 11.2. The van der Waals surface area contributed by atoms with Crippen LogP contribution in [0.4, 0.5) is 0 Å². The lowest BCUT2D eigenvalue weighted by molar-refractivity contribution is -0.117. The standard InChI is InChI=1S/C19H35N5O4S/c1-17(2)19(25)20-5-8-26-10-12-28-13-11-27-9-6-24-16-18(21-22-24)15-23(3)7-14-29-4/h16H,1,5-15H2,2-4H3,(H,20,25). The molecular weight excluding hydrogens is 394 g/mol. The summed E-state index contributed by atoms with van der Waals surface area (Å²) in [6.07, 6.45) is 4.07. The summed E-state index contributed by atoms with van der Waals surface area (Å²) in [5.41, 5.74) is 1.46. The summed E-state index contributed by atoms with van der Waals surface area (Å²) >= 11 is 1.84. The van der Waals surface area contributed by atoms with Gasteiger partial charge in [0.1, 0.15) is 0 Å². The largest absolute Gasteiger partial charge is 0.377 e. The number of nitrogens with zero attached hydrogens (tertiary/aromatic N) is 4. The summed E-state index contributed by atoms with van der Waals surface area (Å²) in [5, 5.41) is 11.0. The Hall–Kier alpha value is -1.46. The maximum Gasteiger partial charge on any atom is 0.246 e. The van der Waals surface area contributed by atoms with Gasteiger partial charge in [-0.15, -0.1) is 5.10 Å². The number of rotatable bonds is 18. The van der Waals surface area contributed by atoms with Crippen LogP contribution < -0.4 is 5.32 Å². The summed E-state index contributed by atoms with van der Waals surface area (Å²) in [4.78, 5) is 13.5. The first-order valence-electron chi connectivity index (χ1n) is 9.76. The number of hydrogen-bond donors (Lipinski definition) is 1. The molecule has 0 bridgehead atoms. The number of hydrogen-bond acceptors (Lipinski definition) is 8. The fourth-order valence-electron chi connectivity index (χ4n) is 2.21. The lowest BCUT2D eigenvalue weighted by Gasteiger charge is -2.13. The predicted octanol–water partition coefficient (Wildman–Crippen LogP) is 0.815. The Labute approximate surface area is 178 Å². The zero-order valence-electron chi connectivity index (χ0n) is 17.9. The molecule has 0 aliphatic carbocycles. The third-order valence-electron chi connectivity index (χ3n) is 3.82. The van der Waals surface area contributed by atoms with E-state index >= 15 is 0 Å². The Morgan fingerprint density at radius 2 is 1.86 bits per heavy atom. The number of aromatic nitrogens is 3. The number of carbonyl (C=O) groups excluding carboxylic acids is 1. The van der Waals surface area contributed by atoms with Crippen LogP contribution in [0.25, 0.3) is 0 Å². The van der Waals surface area contributed by atoms with Crippen molar-refractivity contribution in [3.8, 4) is 0 Å². The zero-order chi connectivity index (χ0) is 21.3. The van der Waals surface area contributed by atoms with Crippen LogP contribution in [0.1, 0.15) is 12.6 Å². The van der Waals surface area contributed by atoms with Gasteiger partial charge < -0.3 is 19.5 Å². The van der Waals surface area contributed by atoms with Crippen molar-refractivity contribution in [2.45, 2.75) is 20.0 Å². The number of ether oxygens (including phenoxy) is 3. The van der Waals surface area contributed by atoms with Gasteiger partial charge in [0, 0.05) is 37.2 Å². The second-order valence-electron chi connectivity index (χ2n) is 6.58. The minimum absolute atomic E-state index is 0.150. The van der Waals surface area contributed by atoms with Gasteiger partial charge in [0.15, 0.2) is 0 Å². The summed E-state index contributed by atoms with van der Waals surface area (Å²) in [5.74, 6) is 0.961. The maximum absolute atomic E-state index is 11.3. The Morgan fingerprint density at radius 1 is 1.21 bits per heavy atom. The van der Waals surface area contributed by atoms with Crippen LogP contribution in [-0.2, 0) is 32.1 Å². The van der Waals surface area contributed by atoms with Gasteiger partial charge in [0.2, 0.25) is 5.91 Å². The van der Waals surface area contributed by atoms with Crippen LogP contribution >= 0.6 is 11.8 Å². The van der Waals surface area contributed by atoms with E-state index in [-0.39, 0.29) is 5.91 Å². The van der Waals surface area contributed by atoms with Crippen LogP contribution in [-0.4, -0.2) is 97.6 Å². The molecule has 1 N–H and O–H groups in total. The van der Waals surface area contributed by atoms with Crippen molar-refractivity contribution >= 4 is 17.7 Å². The van der Waals surface area contributed by atoms with Crippen molar-refractivity contribution in [3.05, 3.63) is 24.0 Å². The molecule has 1 rings (SSSR count). The quantitative estimate of drug-likeness (QED) is 0.271. The van der Waals surface area contributed by atoms with Crippen LogP contribution in [0, 0.1) is 0 Å². The third kappa shape index (κ3) is 13.4. The molecule has 0 unspecified atom stereocenters. The van der Waals surface area contributed by atoms with E-state index in [1.807, 2.05) is 18.0 Å². The lowest BCUT2D eigenvalue weighted by atomic mass is 10.3. The fourth-order valence-corrected chi connectivity index (χ4v) is 2.70. The molecule has 1 heterocycles. The Kier molecular flexibility index (Phi) is 14.4.